The lowest BCUT2D eigenvalue weighted by atomic mass is 9.89. The number of halogens is 3. The quantitative estimate of drug-likeness (QED) is 0.363. The number of carbonyl (C=O) groups excluding carboxylic acids is 1. The summed E-state index contributed by atoms with van der Waals surface area (Å²) in [6.07, 6.45) is -2.74. The van der Waals surface area contributed by atoms with Crippen LogP contribution in [0.15, 0.2) is 53.2 Å². The number of hydrogen-bond donors (Lipinski definition) is 4. The fourth-order valence-corrected chi connectivity index (χ4v) is 3.74. The van der Waals surface area contributed by atoms with E-state index in [0.717, 1.165) is 76.3 Å². The molecule has 3 heterocycles. The number of carbonyl (C=O) groups is 1. The summed E-state index contributed by atoms with van der Waals surface area (Å²) < 4.78 is 49.7. The van der Waals surface area contributed by atoms with Gasteiger partial charge >= 0.3 is 12.2 Å². The van der Waals surface area contributed by atoms with E-state index < -0.39 is 23.4 Å². The third kappa shape index (κ3) is 6.77. The van der Waals surface area contributed by atoms with E-state index >= 15 is 0 Å². The number of anilines is 3. The molecule has 37 heavy (non-hydrogen) atoms. The number of alkyl halides is 3. The van der Waals surface area contributed by atoms with Gasteiger partial charge in [-0.1, -0.05) is 17.3 Å². The van der Waals surface area contributed by atoms with Gasteiger partial charge in [0.05, 0.1) is 26.3 Å². The second-order valence-electron chi connectivity index (χ2n) is 9.33. The Morgan fingerprint density at radius 3 is 2.35 bits per heavy atom. The largest absolute Gasteiger partial charge is 0.401 e. The van der Waals surface area contributed by atoms with Crippen LogP contribution in [0.4, 0.5) is 35.3 Å². The van der Waals surface area contributed by atoms with Gasteiger partial charge in [-0.05, 0) is 43.7 Å². The van der Waals surface area contributed by atoms with Crippen molar-refractivity contribution in [1.82, 2.24) is 10.1 Å². The number of ether oxygens (including phenoxy) is 1. The topological polar surface area (TPSA) is 106 Å². The van der Waals surface area contributed by atoms with Crippen LogP contribution < -0.4 is 20.9 Å². The molecule has 0 radical (unpaired) electrons. The zero-order valence-electron chi connectivity index (χ0n) is 20.6. The first kappa shape index (κ1) is 26.4. The molecule has 0 spiro atoms. The molecular weight excluding hydrogens is 489 g/mol. The van der Waals surface area contributed by atoms with E-state index in [1.165, 1.54) is 4.90 Å². The van der Waals surface area contributed by atoms with Crippen LogP contribution >= 0.6 is 0 Å². The van der Waals surface area contributed by atoms with Crippen LogP contribution in [-0.4, -0.2) is 61.7 Å². The average Bonchev–Trinajstić information content (AvgIpc) is 3.34. The molecule has 0 aliphatic carbocycles. The molecule has 0 bridgehead atoms. The van der Waals surface area contributed by atoms with Crippen molar-refractivity contribution in [2.75, 3.05) is 55.3 Å². The molecule has 198 valence electrons. The summed E-state index contributed by atoms with van der Waals surface area (Å²) >= 11 is 0. The predicted octanol–water partition coefficient (Wildman–Crippen LogP) is 3.55. The maximum Gasteiger partial charge on any atom is 0.401 e. The molecule has 3 aromatic rings. The number of benzene rings is 1. The van der Waals surface area contributed by atoms with Crippen molar-refractivity contribution in [3.63, 3.8) is 0 Å². The molecule has 12 heteroatoms. The van der Waals surface area contributed by atoms with Gasteiger partial charge in [0.1, 0.15) is 24.3 Å². The zero-order valence-corrected chi connectivity index (χ0v) is 20.6. The molecule has 4 rings (SSSR count). The van der Waals surface area contributed by atoms with Crippen molar-refractivity contribution < 1.29 is 32.1 Å². The van der Waals surface area contributed by atoms with E-state index in [1.54, 1.807) is 18.3 Å². The second kappa shape index (κ2) is 11.2. The van der Waals surface area contributed by atoms with Crippen molar-refractivity contribution in [2.45, 2.75) is 25.4 Å². The number of morpholine rings is 1. The average molecular weight is 520 g/mol. The molecule has 1 fully saturated rings. The molecule has 1 aromatic carbocycles. The summed E-state index contributed by atoms with van der Waals surface area (Å²) in [5.74, 6) is 0.293. The highest BCUT2D eigenvalue weighted by Crippen LogP contribution is 2.41. The van der Waals surface area contributed by atoms with E-state index in [2.05, 4.69) is 26.1 Å². The molecule has 0 unspecified atom stereocenters. The predicted molar refractivity (Wildman–Crippen MR) is 133 cm³/mol. The molecule has 1 aliphatic rings. The summed E-state index contributed by atoms with van der Waals surface area (Å²) in [4.78, 5) is 18.3. The second-order valence-corrected chi connectivity index (χ2v) is 9.33. The first-order valence-corrected chi connectivity index (χ1v) is 12.0. The number of aromatic nitrogens is 2. The van der Waals surface area contributed by atoms with Crippen LogP contribution in [0.5, 0.6) is 0 Å². The third-order valence-electron chi connectivity index (χ3n) is 6.30. The number of nitrogens with zero attached hydrogens (tertiary/aromatic N) is 2. The maximum absolute atomic E-state index is 13.2. The highest BCUT2D eigenvalue weighted by molar-refractivity contribution is 5.99. The molecular formula is C25H30F3N6O3+. The van der Waals surface area contributed by atoms with E-state index in [4.69, 9.17) is 9.26 Å². The monoisotopic (exact) mass is 519 g/mol. The highest BCUT2D eigenvalue weighted by atomic mass is 19.4. The Kier molecular flexibility index (Phi) is 7.98. The minimum absolute atomic E-state index is 0.118. The first-order valence-electron chi connectivity index (χ1n) is 12.0. The Bertz CT molecular complexity index is 1170. The molecule has 0 saturated carbocycles. The van der Waals surface area contributed by atoms with Gasteiger partial charge in [-0.25, -0.2) is 9.78 Å². The summed E-state index contributed by atoms with van der Waals surface area (Å²) in [5.41, 5.74) is 0.0950. The van der Waals surface area contributed by atoms with Crippen LogP contribution in [0.3, 0.4) is 0 Å². The van der Waals surface area contributed by atoms with Gasteiger partial charge in [-0.3, -0.25) is 5.32 Å². The lowest BCUT2D eigenvalue weighted by Gasteiger charge is -2.24. The van der Waals surface area contributed by atoms with Crippen molar-refractivity contribution in [3.05, 3.63) is 54.4 Å². The van der Waals surface area contributed by atoms with E-state index in [0.29, 0.717) is 5.69 Å². The van der Waals surface area contributed by atoms with Crippen molar-refractivity contribution in [2.24, 2.45) is 0 Å². The molecule has 0 atom stereocenters. The minimum Gasteiger partial charge on any atom is -0.370 e. The number of pyridine rings is 1. The van der Waals surface area contributed by atoms with Gasteiger partial charge in [0.2, 0.25) is 0 Å². The lowest BCUT2D eigenvalue weighted by molar-refractivity contribution is -0.906. The van der Waals surface area contributed by atoms with Gasteiger partial charge in [-0.15, -0.1) is 0 Å². The molecule has 2 amide bonds. The number of nitrogens with one attached hydrogen (secondary N) is 4. The van der Waals surface area contributed by atoms with Crippen molar-refractivity contribution >= 4 is 23.4 Å². The Balaban J connectivity index is 1.27. The zero-order chi connectivity index (χ0) is 26.5. The Morgan fingerprint density at radius 1 is 1.00 bits per heavy atom. The number of rotatable bonds is 8. The number of urea groups is 1. The molecule has 9 nitrogen and oxygen atoms in total. The fourth-order valence-electron chi connectivity index (χ4n) is 3.74. The number of amides is 2. The standard InChI is InChI=1S/C25H29F3N6O3/c1-24(2,25(26,27)28)20-15-22(33-37-20)32-23(35)31-19-6-3-17(4-7-19)18-5-8-21(30-16-18)29-9-10-34-11-13-36-14-12-34/h3-8,15-16H,9-14H2,1-2H3,(H,29,30)(H2,31,32,33,35)/p+1. The SMILES string of the molecule is CC(C)(c1cc(NC(=O)Nc2ccc(-c3ccc(NCC[NH+]4CCOCC4)nc3)cc2)no1)C(F)(F)F. The summed E-state index contributed by atoms with van der Waals surface area (Å²) in [6.45, 7) is 7.49. The summed E-state index contributed by atoms with van der Waals surface area (Å²) in [5, 5.41) is 11.9. The van der Waals surface area contributed by atoms with E-state index in [-0.39, 0.29) is 5.82 Å². The fraction of sp³-hybridized carbons (Fsp3) is 0.400. The smallest absolute Gasteiger partial charge is 0.370 e. The van der Waals surface area contributed by atoms with Gasteiger partial charge < -0.3 is 24.8 Å². The number of quaternary nitrogens is 1. The van der Waals surface area contributed by atoms with Gasteiger partial charge in [0.25, 0.3) is 0 Å². The van der Waals surface area contributed by atoms with Crippen molar-refractivity contribution in [1.29, 1.82) is 0 Å². The minimum atomic E-state index is -4.52. The van der Waals surface area contributed by atoms with Crippen LogP contribution in [0, 0.1) is 0 Å². The third-order valence-corrected chi connectivity index (χ3v) is 6.30. The van der Waals surface area contributed by atoms with Crippen molar-refractivity contribution in [3.8, 4) is 11.1 Å². The van der Waals surface area contributed by atoms with E-state index in [9.17, 15) is 18.0 Å². The Hall–Kier alpha value is -3.64. The molecule has 1 saturated heterocycles. The molecule has 1 aliphatic heterocycles. The maximum atomic E-state index is 13.2. The van der Waals surface area contributed by atoms with Crippen LogP contribution in [-0.2, 0) is 10.2 Å². The molecule has 2 aromatic heterocycles. The van der Waals surface area contributed by atoms with Crippen LogP contribution in [0.2, 0.25) is 0 Å². The van der Waals surface area contributed by atoms with Crippen LogP contribution in [0.1, 0.15) is 19.6 Å². The highest BCUT2D eigenvalue weighted by Gasteiger charge is 2.51. The lowest BCUT2D eigenvalue weighted by Crippen LogP contribution is -3.14. The van der Waals surface area contributed by atoms with Gasteiger partial charge in [-0.2, -0.15) is 13.2 Å². The summed E-state index contributed by atoms with van der Waals surface area (Å²) in [6, 6.07) is 11.4. The van der Waals surface area contributed by atoms with Gasteiger partial charge in [0, 0.05) is 23.5 Å². The Labute approximate surface area is 212 Å². The Morgan fingerprint density at radius 2 is 1.70 bits per heavy atom. The van der Waals surface area contributed by atoms with Gasteiger partial charge in [0.15, 0.2) is 11.6 Å². The normalized spacial score (nSPS) is 14.8. The number of hydrogen-bond acceptors (Lipinski definition) is 6. The van der Waals surface area contributed by atoms with E-state index in [1.807, 2.05) is 24.3 Å². The van der Waals surface area contributed by atoms with Crippen LogP contribution in [0.25, 0.3) is 11.1 Å². The molecule has 4 N–H and O–H groups in total. The summed E-state index contributed by atoms with van der Waals surface area (Å²) in [7, 11) is 0. The first-order chi connectivity index (χ1) is 17.6.